The van der Waals surface area contributed by atoms with Crippen molar-refractivity contribution in [3.05, 3.63) is 90.1 Å². The Labute approximate surface area is 244 Å². The maximum atomic E-state index is 6.14. The minimum atomic E-state index is 0.537. The Kier molecular flexibility index (Phi) is 13.4. The molecule has 3 rings (SSSR count). The van der Waals surface area contributed by atoms with Crippen molar-refractivity contribution in [3.8, 4) is 11.5 Å². The molecule has 0 fully saturated rings. The molecular formula is C30H38I2N2O2. The third-order valence-corrected chi connectivity index (χ3v) is 7.53. The standard InChI is InChI=1S/C30H38I2N2O2/c1-3-5-14-33-19-23-10-12-29(27(31)17-23)35-21-25-8-7-9-26(16-25)22-36-30-13-11-24(18-28(30)32)20-34-15-6-4-2/h7-13,16-18,33-34H,3-6,14-15,19-22H2,1-2H3. The smallest absolute Gasteiger partial charge is 0.133 e. The molecule has 4 nitrogen and oxygen atoms in total. The average molecular weight is 712 g/mol. The fourth-order valence-electron chi connectivity index (χ4n) is 3.74. The zero-order valence-electron chi connectivity index (χ0n) is 21.4. The summed E-state index contributed by atoms with van der Waals surface area (Å²) in [7, 11) is 0. The minimum absolute atomic E-state index is 0.537. The molecule has 6 heteroatoms. The summed E-state index contributed by atoms with van der Waals surface area (Å²) in [5, 5.41) is 6.99. The lowest BCUT2D eigenvalue weighted by Crippen LogP contribution is -2.14. The lowest BCUT2D eigenvalue weighted by Gasteiger charge is -2.13. The molecule has 0 heterocycles. The van der Waals surface area contributed by atoms with Gasteiger partial charge in [0.2, 0.25) is 0 Å². The Bertz CT molecular complexity index is 994. The van der Waals surface area contributed by atoms with Gasteiger partial charge < -0.3 is 20.1 Å². The van der Waals surface area contributed by atoms with E-state index in [0.29, 0.717) is 13.2 Å². The van der Waals surface area contributed by atoms with E-state index in [0.717, 1.165) is 55.9 Å². The first kappa shape index (κ1) is 29.2. The first-order chi connectivity index (χ1) is 17.6. The Balaban J connectivity index is 1.49. The van der Waals surface area contributed by atoms with E-state index < -0.39 is 0 Å². The van der Waals surface area contributed by atoms with Crippen LogP contribution in [0.4, 0.5) is 0 Å². The molecule has 3 aromatic carbocycles. The summed E-state index contributed by atoms with van der Waals surface area (Å²) in [4.78, 5) is 0. The molecule has 0 amide bonds. The molecule has 0 radical (unpaired) electrons. The normalized spacial score (nSPS) is 11.0. The molecule has 0 aliphatic rings. The van der Waals surface area contributed by atoms with Crippen molar-refractivity contribution in [1.82, 2.24) is 10.6 Å². The second kappa shape index (κ2) is 16.5. The van der Waals surface area contributed by atoms with Gasteiger partial charge in [0, 0.05) is 13.1 Å². The van der Waals surface area contributed by atoms with Gasteiger partial charge in [-0.2, -0.15) is 0 Å². The van der Waals surface area contributed by atoms with Gasteiger partial charge in [-0.3, -0.25) is 0 Å². The number of hydrogen-bond donors (Lipinski definition) is 2. The monoisotopic (exact) mass is 712 g/mol. The molecule has 0 aliphatic heterocycles. The zero-order chi connectivity index (χ0) is 25.6. The van der Waals surface area contributed by atoms with Crippen molar-refractivity contribution in [1.29, 1.82) is 0 Å². The van der Waals surface area contributed by atoms with Crippen molar-refractivity contribution in [3.63, 3.8) is 0 Å². The largest absolute Gasteiger partial charge is 0.488 e. The summed E-state index contributed by atoms with van der Waals surface area (Å²) < 4.78 is 14.6. The van der Waals surface area contributed by atoms with Gasteiger partial charge in [0.1, 0.15) is 24.7 Å². The van der Waals surface area contributed by atoms with E-state index in [9.17, 15) is 0 Å². The number of rotatable bonds is 16. The van der Waals surface area contributed by atoms with E-state index in [-0.39, 0.29) is 0 Å². The first-order valence-corrected chi connectivity index (χ1v) is 15.1. The van der Waals surface area contributed by atoms with Crippen LogP contribution in [0.25, 0.3) is 0 Å². The molecule has 0 saturated heterocycles. The van der Waals surface area contributed by atoms with Gasteiger partial charge in [0.15, 0.2) is 0 Å². The molecule has 0 bridgehead atoms. The summed E-state index contributed by atoms with van der Waals surface area (Å²) in [5.74, 6) is 1.85. The Hall–Kier alpha value is -1.36. The van der Waals surface area contributed by atoms with Gasteiger partial charge in [-0.15, -0.1) is 0 Å². The number of ether oxygens (including phenoxy) is 2. The van der Waals surface area contributed by atoms with Crippen molar-refractivity contribution < 1.29 is 9.47 Å². The topological polar surface area (TPSA) is 42.5 Å². The molecule has 0 unspecified atom stereocenters. The predicted octanol–water partition coefficient (Wildman–Crippen LogP) is 7.83. The highest BCUT2D eigenvalue weighted by molar-refractivity contribution is 14.1. The lowest BCUT2D eigenvalue weighted by atomic mass is 10.1. The van der Waals surface area contributed by atoms with Gasteiger partial charge in [0.05, 0.1) is 7.14 Å². The van der Waals surface area contributed by atoms with Crippen LogP contribution < -0.4 is 20.1 Å². The zero-order valence-corrected chi connectivity index (χ0v) is 25.7. The van der Waals surface area contributed by atoms with E-state index in [4.69, 9.17) is 9.47 Å². The summed E-state index contributed by atoms with van der Waals surface area (Å²) in [5.41, 5.74) is 4.86. The number of benzene rings is 3. The van der Waals surface area contributed by atoms with Crippen molar-refractivity contribution in [2.24, 2.45) is 0 Å². The fourth-order valence-corrected chi connectivity index (χ4v) is 5.21. The van der Waals surface area contributed by atoms with E-state index in [1.807, 2.05) is 0 Å². The van der Waals surface area contributed by atoms with Crippen LogP contribution in [-0.2, 0) is 26.3 Å². The summed E-state index contributed by atoms with van der Waals surface area (Å²) in [6, 6.07) is 21.3. The van der Waals surface area contributed by atoms with Crippen LogP contribution in [0.15, 0.2) is 60.7 Å². The number of unbranched alkanes of at least 4 members (excludes halogenated alkanes) is 2. The Morgan fingerprint density at radius 3 is 1.50 bits per heavy atom. The van der Waals surface area contributed by atoms with Crippen molar-refractivity contribution in [2.45, 2.75) is 65.8 Å². The van der Waals surface area contributed by atoms with Crippen molar-refractivity contribution in [2.75, 3.05) is 13.1 Å². The molecule has 0 atom stereocenters. The van der Waals surface area contributed by atoms with Crippen LogP contribution in [-0.4, -0.2) is 13.1 Å². The second-order valence-corrected chi connectivity index (χ2v) is 11.3. The minimum Gasteiger partial charge on any atom is -0.488 e. The van der Waals surface area contributed by atoms with Gasteiger partial charge in [0.25, 0.3) is 0 Å². The third kappa shape index (κ3) is 10.2. The second-order valence-electron chi connectivity index (χ2n) is 8.99. The average Bonchev–Trinajstić information content (AvgIpc) is 2.88. The first-order valence-electron chi connectivity index (χ1n) is 12.9. The van der Waals surface area contributed by atoms with E-state index in [1.54, 1.807) is 0 Å². The molecule has 0 aromatic heterocycles. The molecule has 2 N–H and O–H groups in total. The maximum absolute atomic E-state index is 6.14. The van der Waals surface area contributed by atoms with Crippen LogP contribution >= 0.6 is 45.2 Å². The van der Waals surface area contributed by atoms with Gasteiger partial charge in [-0.1, -0.05) is 57.0 Å². The molecule has 194 valence electrons. The third-order valence-electron chi connectivity index (χ3n) is 5.85. The highest BCUT2D eigenvalue weighted by Crippen LogP contribution is 2.25. The number of nitrogens with one attached hydrogen (secondary N) is 2. The van der Waals surface area contributed by atoms with Gasteiger partial charge in [-0.05, 0) is 124 Å². The summed E-state index contributed by atoms with van der Waals surface area (Å²) >= 11 is 4.72. The van der Waals surface area contributed by atoms with Crippen LogP contribution in [0.3, 0.4) is 0 Å². The van der Waals surface area contributed by atoms with Gasteiger partial charge >= 0.3 is 0 Å². The van der Waals surface area contributed by atoms with Crippen LogP contribution in [0.5, 0.6) is 11.5 Å². The predicted molar refractivity (Wildman–Crippen MR) is 167 cm³/mol. The number of halogens is 2. The van der Waals surface area contributed by atoms with Gasteiger partial charge in [-0.25, -0.2) is 0 Å². The quantitative estimate of drug-likeness (QED) is 0.117. The SMILES string of the molecule is CCCCNCc1ccc(OCc2cccc(COc3ccc(CNCCCC)cc3I)c2)c(I)c1. The summed E-state index contributed by atoms with van der Waals surface area (Å²) in [6.07, 6.45) is 4.86. The van der Waals surface area contributed by atoms with Crippen molar-refractivity contribution >= 4 is 45.2 Å². The lowest BCUT2D eigenvalue weighted by molar-refractivity contribution is 0.297. The number of hydrogen-bond acceptors (Lipinski definition) is 4. The van der Waals surface area contributed by atoms with E-state index in [1.165, 1.54) is 36.8 Å². The van der Waals surface area contributed by atoms with E-state index >= 15 is 0 Å². The molecule has 0 aliphatic carbocycles. The Morgan fingerprint density at radius 2 is 1.08 bits per heavy atom. The van der Waals surface area contributed by atoms with E-state index in [2.05, 4.69) is 130 Å². The molecule has 0 saturated carbocycles. The van der Waals surface area contributed by atoms with Crippen LogP contribution in [0.1, 0.15) is 61.8 Å². The molecule has 36 heavy (non-hydrogen) atoms. The highest BCUT2D eigenvalue weighted by Gasteiger charge is 2.06. The maximum Gasteiger partial charge on any atom is 0.133 e. The summed E-state index contributed by atoms with van der Waals surface area (Å²) in [6.45, 7) is 9.42. The Morgan fingerprint density at radius 1 is 0.611 bits per heavy atom. The fraction of sp³-hybridized carbons (Fsp3) is 0.400. The van der Waals surface area contributed by atoms with Crippen LogP contribution in [0.2, 0.25) is 0 Å². The molecule has 3 aromatic rings. The highest BCUT2D eigenvalue weighted by atomic mass is 127. The van der Waals surface area contributed by atoms with Crippen LogP contribution in [0, 0.1) is 7.14 Å². The molecular weight excluding hydrogens is 674 g/mol. The molecule has 0 spiro atoms.